The van der Waals surface area contributed by atoms with E-state index in [0.717, 1.165) is 31.7 Å². The zero-order valence-corrected chi connectivity index (χ0v) is 12.9. The Bertz CT molecular complexity index is 708. The van der Waals surface area contributed by atoms with Gasteiger partial charge in [-0.2, -0.15) is 0 Å². The van der Waals surface area contributed by atoms with E-state index in [2.05, 4.69) is 15.2 Å². The molecule has 1 saturated heterocycles. The topological polar surface area (TPSA) is 45.2 Å². The van der Waals surface area contributed by atoms with E-state index in [0.29, 0.717) is 16.6 Å². The number of benzene rings is 1. The van der Waals surface area contributed by atoms with Gasteiger partial charge in [-0.1, -0.05) is 13.8 Å². The highest BCUT2D eigenvalue weighted by atomic mass is 19.1. The largest absolute Gasteiger partial charge is 0.357 e. The van der Waals surface area contributed by atoms with Gasteiger partial charge in [-0.3, -0.25) is 4.79 Å². The van der Waals surface area contributed by atoms with Crippen LogP contribution < -0.4 is 10.2 Å². The first-order valence-corrected chi connectivity index (χ1v) is 7.71. The minimum atomic E-state index is -0.405. The van der Waals surface area contributed by atoms with E-state index in [1.54, 1.807) is 19.9 Å². The maximum atomic E-state index is 14.3. The molecule has 116 valence electrons. The van der Waals surface area contributed by atoms with Crippen molar-refractivity contribution in [3.05, 3.63) is 30.1 Å². The summed E-state index contributed by atoms with van der Waals surface area (Å²) in [6, 6.07) is 6.88. The van der Waals surface area contributed by atoms with E-state index in [9.17, 15) is 9.18 Å². The van der Waals surface area contributed by atoms with Crippen molar-refractivity contribution in [2.45, 2.75) is 26.7 Å². The number of aromatic nitrogens is 1. The molecule has 0 unspecified atom stereocenters. The highest BCUT2D eigenvalue weighted by Gasteiger charge is 2.15. The molecular formula is C17H20FN3O. The van der Waals surface area contributed by atoms with Gasteiger partial charge >= 0.3 is 0 Å². The lowest BCUT2D eigenvalue weighted by Gasteiger charge is -2.17. The van der Waals surface area contributed by atoms with Gasteiger partial charge in [0.1, 0.15) is 11.3 Å². The number of carbonyl (C=O) groups is 1. The summed E-state index contributed by atoms with van der Waals surface area (Å²) < 4.78 is 14.3. The summed E-state index contributed by atoms with van der Waals surface area (Å²) in [6.07, 6.45) is 2.31. The number of nitrogens with one attached hydrogen (secondary N) is 1. The quantitative estimate of drug-likeness (QED) is 0.942. The third-order valence-electron chi connectivity index (χ3n) is 3.95. The summed E-state index contributed by atoms with van der Waals surface area (Å²) in [5, 5.41) is 3.42. The van der Waals surface area contributed by atoms with Crippen LogP contribution in [0.5, 0.6) is 0 Å². The molecule has 2 heterocycles. The number of rotatable bonds is 3. The minimum Gasteiger partial charge on any atom is -0.357 e. The third-order valence-corrected chi connectivity index (χ3v) is 3.95. The van der Waals surface area contributed by atoms with E-state index in [4.69, 9.17) is 0 Å². The molecule has 1 amide bonds. The van der Waals surface area contributed by atoms with Crippen LogP contribution in [0.25, 0.3) is 10.9 Å². The summed E-state index contributed by atoms with van der Waals surface area (Å²) in [5.41, 5.74) is 0.825. The van der Waals surface area contributed by atoms with Crippen LogP contribution >= 0.6 is 0 Å². The number of carbonyl (C=O) groups excluding carboxylic acids is 1. The number of anilines is 2. The first-order valence-electron chi connectivity index (χ1n) is 7.71. The molecule has 0 bridgehead atoms. The molecule has 0 aliphatic carbocycles. The van der Waals surface area contributed by atoms with Crippen LogP contribution in [0.3, 0.4) is 0 Å². The first-order chi connectivity index (χ1) is 10.5. The lowest BCUT2D eigenvalue weighted by Crippen LogP contribution is -2.19. The Kier molecular flexibility index (Phi) is 3.96. The molecule has 1 aromatic carbocycles. The fourth-order valence-electron chi connectivity index (χ4n) is 2.66. The van der Waals surface area contributed by atoms with Crippen molar-refractivity contribution >= 4 is 28.3 Å². The van der Waals surface area contributed by atoms with Crippen LogP contribution in [0.2, 0.25) is 0 Å². The highest BCUT2D eigenvalue weighted by molar-refractivity contribution is 5.95. The number of fused-ring (bicyclic) bond motifs is 1. The Morgan fingerprint density at radius 2 is 2.00 bits per heavy atom. The molecule has 22 heavy (non-hydrogen) atoms. The van der Waals surface area contributed by atoms with Crippen LogP contribution in [-0.4, -0.2) is 24.0 Å². The standard InChI is InChI=1S/C17H20FN3O/c1-11(2)17(22)19-13-9-12-5-6-15(21-7-3-4-8-21)20-16(12)14(18)10-13/h5-6,9-11H,3-4,7-8H2,1-2H3,(H,19,22). The molecule has 1 aromatic heterocycles. The Morgan fingerprint density at radius 1 is 1.27 bits per heavy atom. The van der Waals surface area contributed by atoms with Crippen LogP contribution in [0.15, 0.2) is 24.3 Å². The summed E-state index contributed by atoms with van der Waals surface area (Å²) in [6.45, 7) is 5.55. The monoisotopic (exact) mass is 301 g/mol. The molecule has 1 fully saturated rings. The summed E-state index contributed by atoms with van der Waals surface area (Å²) in [5.74, 6) is 0.148. The molecule has 0 saturated carbocycles. The van der Waals surface area contributed by atoms with Gasteiger partial charge in [0.15, 0.2) is 5.82 Å². The van der Waals surface area contributed by atoms with Gasteiger partial charge < -0.3 is 10.2 Å². The Morgan fingerprint density at radius 3 is 2.68 bits per heavy atom. The first kappa shape index (κ1) is 14.8. The Balaban J connectivity index is 1.94. The smallest absolute Gasteiger partial charge is 0.226 e. The van der Waals surface area contributed by atoms with Crippen molar-refractivity contribution in [2.75, 3.05) is 23.3 Å². The summed E-state index contributed by atoms with van der Waals surface area (Å²) >= 11 is 0. The molecule has 1 N–H and O–H groups in total. The maximum Gasteiger partial charge on any atom is 0.226 e. The van der Waals surface area contributed by atoms with Crippen molar-refractivity contribution in [3.8, 4) is 0 Å². The third kappa shape index (κ3) is 2.89. The predicted molar refractivity (Wildman–Crippen MR) is 86.6 cm³/mol. The average Bonchev–Trinajstić information content (AvgIpc) is 3.01. The lowest BCUT2D eigenvalue weighted by molar-refractivity contribution is -0.118. The van der Waals surface area contributed by atoms with Crippen molar-refractivity contribution in [1.29, 1.82) is 0 Å². The van der Waals surface area contributed by atoms with E-state index in [1.807, 2.05) is 12.1 Å². The van der Waals surface area contributed by atoms with E-state index in [-0.39, 0.29) is 11.8 Å². The summed E-state index contributed by atoms with van der Waals surface area (Å²) in [7, 11) is 0. The predicted octanol–water partition coefficient (Wildman–Crippen LogP) is 3.57. The minimum absolute atomic E-state index is 0.125. The van der Waals surface area contributed by atoms with E-state index in [1.165, 1.54) is 6.07 Å². The molecule has 3 rings (SSSR count). The lowest BCUT2D eigenvalue weighted by atomic mass is 10.1. The second kappa shape index (κ2) is 5.91. The number of hydrogen-bond donors (Lipinski definition) is 1. The van der Waals surface area contributed by atoms with Crippen LogP contribution in [0.1, 0.15) is 26.7 Å². The Labute approximate surface area is 129 Å². The van der Waals surface area contributed by atoms with Gasteiger partial charge in [0.25, 0.3) is 0 Å². The molecule has 2 aromatic rings. The van der Waals surface area contributed by atoms with E-state index >= 15 is 0 Å². The summed E-state index contributed by atoms with van der Waals surface area (Å²) in [4.78, 5) is 18.4. The molecule has 1 aliphatic heterocycles. The van der Waals surface area contributed by atoms with Crippen molar-refractivity contribution in [1.82, 2.24) is 4.98 Å². The maximum absolute atomic E-state index is 14.3. The van der Waals surface area contributed by atoms with Crippen molar-refractivity contribution in [2.24, 2.45) is 5.92 Å². The molecule has 0 atom stereocenters. The number of pyridine rings is 1. The second-order valence-corrected chi connectivity index (χ2v) is 6.04. The SMILES string of the molecule is CC(C)C(=O)Nc1cc(F)c2nc(N3CCCC3)ccc2c1. The van der Waals surface area contributed by atoms with Gasteiger partial charge in [0.2, 0.25) is 5.91 Å². The Hall–Kier alpha value is -2.17. The van der Waals surface area contributed by atoms with Gasteiger partial charge in [0, 0.05) is 30.1 Å². The highest BCUT2D eigenvalue weighted by Crippen LogP contribution is 2.26. The van der Waals surface area contributed by atoms with E-state index < -0.39 is 5.82 Å². The molecule has 4 nitrogen and oxygen atoms in total. The van der Waals surface area contributed by atoms with Crippen LogP contribution in [0.4, 0.5) is 15.9 Å². The van der Waals surface area contributed by atoms with Crippen LogP contribution in [0, 0.1) is 11.7 Å². The molecule has 0 radical (unpaired) electrons. The molecule has 1 aliphatic rings. The van der Waals surface area contributed by atoms with Gasteiger partial charge in [-0.15, -0.1) is 0 Å². The van der Waals surface area contributed by atoms with Crippen molar-refractivity contribution < 1.29 is 9.18 Å². The van der Waals surface area contributed by atoms with Gasteiger partial charge in [-0.05, 0) is 37.1 Å². The number of halogens is 1. The number of amides is 1. The normalized spacial score (nSPS) is 14.8. The fourth-order valence-corrected chi connectivity index (χ4v) is 2.66. The molecule has 0 spiro atoms. The van der Waals surface area contributed by atoms with Gasteiger partial charge in [-0.25, -0.2) is 9.37 Å². The zero-order chi connectivity index (χ0) is 15.7. The molecule has 5 heteroatoms. The average molecular weight is 301 g/mol. The second-order valence-electron chi connectivity index (χ2n) is 6.04. The number of hydrogen-bond acceptors (Lipinski definition) is 3. The van der Waals surface area contributed by atoms with Crippen LogP contribution in [-0.2, 0) is 4.79 Å². The van der Waals surface area contributed by atoms with Gasteiger partial charge in [0.05, 0.1) is 0 Å². The zero-order valence-electron chi connectivity index (χ0n) is 12.9. The fraction of sp³-hybridized carbons (Fsp3) is 0.412. The molecular weight excluding hydrogens is 281 g/mol. The van der Waals surface area contributed by atoms with Crippen molar-refractivity contribution in [3.63, 3.8) is 0 Å². The number of nitrogens with zero attached hydrogens (tertiary/aromatic N) is 2.